The summed E-state index contributed by atoms with van der Waals surface area (Å²) in [6, 6.07) is 8.29. The molecule has 1 saturated carbocycles. The third kappa shape index (κ3) is 3.35. The Balaban J connectivity index is 1.77. The second-order valence-corrected chi connectivity index (χ2v) is 7.00. The Bertz CT molecular complexity index is 617. The number of rotatable bonds is 4. The van der Waals surface area contributed by atoms with Gasteiger partial charge in [0.15, 0.2) is 0 Å². The van der Waals surface area contributed by atoms with Crippen LogP contribution in [-0.4, -0.2) is 17.4 Å². The van der Waals surface area contributed by atoms with Crippen LogP contribution in [0.3, 0.4) is 0 Å². The molecule has 0 aliphatic heterocycles. The molecular formula is C17H20BrClN2. The fourth-order valence-corrected chi connectivity index (χ4v) is 4.20. The molecular weight excluding hydrogens is 348 g/mol. The van der Waals surface area contributed by atoms with Crippen molar-refractivity contribution in [2.75, 3.05) is 17.7 Å². The van der Waals surface area contributed by atoms with Gasteiger partial charge in [-0.2, -0.15) is 0 Å². The number of alkyl halides is 1. The minimum atomic E-state index is 0.648. The minimum absolute atomic E-state index is 0.648. The molecule has 2 aromatic rings. The molecule has 112 valence electrons. The van der Waals surface area contributed by atoms with E-state index >= 15 is 0 Å². The van der Waals surface area contributed by atoms with Gasteiger partial charge >= 0.3 is 0 Å². The summed E-state index contributed by atoms with van der Waals surface area (Å²) in [4.78, 5) is 4.52. The van der Waals surface area contributed by atoms with Crippen LogP contribution in [0.15, 0.2) is 34.9 Å². The van der Waals surface area contributed by atoms with E-state index in [2.05, 4.69) is 44.4 Å². The lowest BCUT2D eigenvalue weighted by atomic mass is 9.80. The lowest BCUT2D eigenvalue weighted by molar-refractivity contribution is 0.272. The number of aromatic nitrogens is 1. The second-order valence-electron chi connectivity index (χ2n) is 5.83. The predicted molar refractivity (Wildman–Crippen MR) is 94.1 cm³/mol. The van der Waals surface area contributed by atoms with E-state index in [1.165, 1.54) is 36.5 Å². The van der Waals surface area contributed by atoms with Gasteiger partial charge in [0.25, 0.3) is 0 Å². The van der Waals surface area contributed by atoms with Crippen LogP contribution in [0.25, 0.3) is 10.8 Å². The van der Waals surface area contributed by atoms with Crippen LogP contribution in [0.1, 0.15) is 25.7 Å². The SMILES string of the molecule is ClCC1CCCCC1CNc1nccc2c(Br)cccc12. The highest BCUT2D eigenvalue weighted by molar-refractivity contribution is 9.10. The van der Waals surface area contributed by atoms with Gasteiger partial charge in [0, 0.05) is 33.9 Å². The summed E-state index contributed by atoms with van der Waals surface area (Å²) in [6.45, 7) is 0.968. The number of nitrogens with one attached hydrogen (secondary N) is 1. The average Bonchev–Trinajstić information content (AvgIpc) is 2.53. The molecule has 0 saturated heterocycles. The number of hydrogen-bond acceptors (Lipinski definition) is 2. The molecule has 1 aromatic carbocycles. The fourth-order valence-electron chi connectivity index (χ4n) is 3.29. The molecule has 2 atom stereocenters. The van der Waals surface area contributed by atoms with Crippen molar-refractivity contribution in [3.63, 3.8) is 0 Å². The summed E-state index contributed by atoms with van der Waals surface area (Å²) in [5.41, 5.74) is 0. The molecule has 1 aromatic heterocycles. The predicted octanol–water partition coefficient (Wildman–Crippen LogP) is 5.45. The van der Waals surface area contributed by atoms with Gasteiger partial charge in [-0.3, -0.25) is 0 Å². The molecule has 0 spiro atoms. The first-order valence-electron chi connectivity index (χ1n) is 7.62. The molecule has 4 heteroatoms. The number of benzene rings is 1. The fraction of sp³-hybridized carbons (Fsp3) is 0.471. The third-order valence-electron chi connectivity index (χ3n) is 4.55. The van der Waals surface area contributed by atoms with Crippen molar-refractivity contribution in [3.05, 3.63) is 34.9 Å². The molecule has 21 heavy (non-hydrogen) atoms. The summed E-state index contributed by atoms with van der Waals surface area (Å²) >= 11 is 9.73. The summed E-state index contributed by atoms with van der Waals surface area (Å²) in [6.07, 6.45) is 7.07. The van der Waals surface area contributed by atoms with Gasteiger partial charge in [-0.1, -0.05) is 40.9 Å². The Morgan fingerprint density at radius 2 is 1.95 bits per heavy atom. The molecule has 1 fully saturated rings. The Hall–Kier alpha value is -0.800. The molecule has 2 unspecified atom stereocenters. The summed E-state index contributed by atoms with van der Waals surface area (Å²) in [5.74, 6) is 3.07. The smallest absolute Gasteiger partial charge is 0.133 e. The number of halogens is 2. The molecule has 1 aliphatic carbocycles. The molecule has 0 radical (unpaired) electrons. The van der Waals surface area contributed by atoms with Crippen LogP contribution in [0.2, 0.25) is 0 Å². The van der Waals surface area contributed by atoms with Crippen LogP contribution in [0, 0.1) is 11.8 Å². The maximum absolute atomic E-state index is 6.12. The molecule has 3 rings (SSSR count). The highest BCUT2D eigenvalue weighted by Gasteiger charge is 2.24. The van der Waals surface area contributed by atoms with Crippen molar-refractivity contribution in [2.45, 2.75) is 25.7 Å². The van der Waals surface area contributed by atoms with Gasteiger partial charge in [-0.25, -0.2) is 4.98 Å². The highest BCUT2D eigenvalue weighted by atomic mass is 79.9. The summed E-state index contributed by atoms with van der Waals surface area (Å²) in [5, 5.41) is 5.93. The monoisotopic (exact) mass is 366 g/mol. The number of fused-ring (bicyclic) bond motifs is 1. The van der Waals surface area contributed by atoms with E-state index < -0.39 is 0 Å². The maximum Gasteiger partial charge on any atom is 0.133 e. The van der Waals surface area contributed by atoms with E-state index in [1.807, 2.05) is 12.3 Å². The van der Waals surface area contributed by atoms with Crippen LogP contribution in [0.4, 0.5) is 5.82 Å². The standard InChI is InChI=1S/C17H20BrClN2/c18-16-7-3-6-15-14(16)8-9-20-17(15)21-11-13-5-2-1-4-12(13)10-19/h3,6-9,12-13H,1-2,4-5,10-11H2,(H,20,21). The largest absolute Gasteiger partial charge is 0.369 e. The Kier molecular flexibility index (Phi) is 5.02. The normalized spacial score (nSPS) is 22.4. The zero-order valence-electron chi connectivity index (χ0n) is 12.0. The molecule has 2 nitrogen and oxygen atoms in total. The van der Waals surface area contributed by atoms with Gasteiger partial charge in [-0.05, 0) is 36.8 Å². The lowest BCUT2D eigenvalue weighted by Crippen LogP contribution is -2.27. The van der Waals surface area contributed by atoms with E-state index in [0.29, 0.717) is 11.8 Å². The van der Waals surface area contributed by atoms with Crippen molar-refractivity contribution in [1.29, 1.82) is 0 Å². The van der Waals surface area contributed by atoms with Crippen molar-refractivity contribution in [3.8, 4) is 0 Å². The van der Waals surface area contributed by atoms with Crippen LogP contribution < -0.4 is 5.32 Å². The van der Waals surface area contributed by atoms with E-state index in [-0.39, 0.29) is 0 Å². The first-order chi connectivity index (χ1) is 10.3. The number of pyridine rings is 1. The topological polar surface area (TPSA) is 24.9 Å². The zero-order chi connectivity index (χ0) is 14.7. The minimum Gasteiger partial charge on any atom is -0.369 e. The molecule has 0 amide bonds. The number of hydrogen-bond donors (Lipinski definition) is 1. The summed E-state index contributed by atoms with van der Waals surface area (Å²) < 4.78 is 1.11. The molecule has 1 aliphatic rings. The highest BCUT2D eigenvalue weighted by Crippen LogP contribution is 2.32. The first kappa shape index (κ1) is 15.1. The first-order valence-corrected chi connectivity index (χ1v) is 8.95. The Morgan fingerprint density at radius 1 is 1.14 bits per heavy atom. The summed E-state index contributed by atoms with van der Waals surface area (Å²) in [7, 11) is 0. The Labute approximate surface area is 139 Å². The average molecular weight is 368 g/mol. The van der Waals surface area contributed by atoms with E-state index in [1.54, 1.807) is 0 Å². The van der Waals surface area contributed by atoms with Crippen LogP contribution in [-0.2, 0) is 0 Å². The zero-order valence-corrected chi connectivity index (χ0v) is 14.3. The van der Waals surface area contributed by atoms with Gasteiger partial charge in [0.2, 0.25) is 0 Å². The third-order valence-corrected chi connectivity index (χ3v) is 5.64. The van der Waals surface area contributed by atoms with Gasteiger partial charge in [0.1, 0.15) is 5.82 Å². The van der Waals surface area contributed by atoms with E-state index in [4.69, 9.17) is 11.6 Å². The molecule has 1 N–H and O–H groups in total. The van der Waals surface area contributed by atoms with Gasteiger partial charge in [0.05, 0.1) is 0 Å². The van der Waals surface area contributed by atoms with Crippen molar-refractivity contribution in [1.82, 2.24) is 4.98 Å². The van der Waals surface area contributed by atoms with Gasteiger partial charge < -0.3 is 5.32 Å². The van der Waals surface area contributed by atoms with Crippen molar-refractivity contribution >= 4 is 44.1 Å². The van der Waals surface area contributed by atoms with E-state index in [0.717, 1.165) is 22.7 Å². The second kappa shape index (κ2) is 6.97. The molecule has 1 heterocycles. The lowest BCUT2D eigenvalue weighted by Gasteiger charge is -2.30. The maximum atomic E-state index is 6.12. The van der Waals surface area contributed by atoms with Crippen molar-refractivity contribution in [2.24, 2.45) is 11.8 Å². The number of nitrogens with zero attached hydrogens (tertiary/aromatic N) is 1. The van der Waals surface area contributed by atoms with E-state index in [9.17, 15) is 0 Å². The van der Waals surface area contributed by atoms with Crippen LogP contribution in [0.5, 0.6) is 0 Å². The molecule has 0 bridgehead atoms. The van der Waals surface area contributed by atoms with Crippen molar-refractivity contribution < 1.29 is 0 Å². The number of anilines is 1. The Morgan fingerprint density at radius 3 is 2.76 bits per heavy atom. The quantitative estimate of drug-likeness (QED) is 0.726. The van der Waals surface area contributed by atoms with Gasteiger partial charge in [-0.15, -0.1) is 11.6 Å². The van der Waals surface area contributed by atoms with Crippen LogP contribution >= 0.6 is 27.5 Å².